The Morgan fingerprint density at radius 3 is 1.57 bits per heavy atom. The van der Waals surface area contributed by atoms with E-state index in [2.05, 4.69) is 50.3 Å². The fourth-order valence-corrected chi connectivity index (χ4v) is 6.24. The van der Waals surface area contributed by atoms with E-state index in [9.17, 15) is 19.0 Å². The second-order valence-corrected chi connectivity index (χ2v) is 16.8. The molecule has 0 aliphatic rings. The van der Waals surface area contributed by atoms with E-state index in [1.165, 1.54) is 57.8 Å². The molecular formula is C43H81NO8P+. The summed E-state index contributed by atoms with van der Waals surface area (Å²) in [5.41, 5.74) is 0. The topological polar surface area (TPSA) is 108 Å². The molecule has 0 fully saturated rings. The summed E-state index contributed by atoms with van der Waals surface area (Å²) in [6, 6.07) is 0. The number of likely N-dealkylation sites (N-methyl/N-ethyl adjacent to an activating group) is 1. The number of carbonyl (C=O) groups excluding carboxylic acids is 2. The zero-order chi connectivity index (χ0) is 39.3. The quantitative estimate of drug-likeness (QED) is 0.0217. The predicted octanol–water partition coefficient (Wildman–Crippen LogP) is 11.7. The van der Waals surface area contributed by atoms with Crippen LogP contribution in [-0.2, 0) is 32.7 Å². The van der Waals surface area contributed by atoms with Crippen LogP contribution >= 0.6 is 7.82 Å². The highest BCUT2D eigenvalue weighted by Gasteiger charge is 2.27. The van der Waals surface area contributed by atoms with E-state index in [1.54, 1.807) is 0 Å². The van der Waals surface area contributed by atoms with Gasteiger partial charge >= 0.3 is 19.8 Å². The van der Waals surface area contributed by atoms with Crippen LogP contribution in [0.4, 0.5) is 0 Å². The molecule has 10 heteroatoms. The number of allylic oxidation sites excluding steroid dienone is 6. The number of carbonyl (C=O) groups is 2. The molecule has 0 aromatic heterocycles. The van der Waals surface area contributed by atoms with Gasteiger partial charge in [0.05, 0.1) is 27.7 Å². The van der Waals surface area contributed by atoms with Gasteiger partial charge in [0.25, 0.3) is 0 Å². The molecule has 0 aromatic carbocycles. The van der Waals surface area contributed by atoms with Crippen molar-refractivity contribution >= 4 is 19.8 Å². The normalized spacial score (nSPS) is 14.0. The number of nitrogens with zero attached hydrogens (tertiary/aromatic N) is 1. The van der Waals surface area contributed by atoms with Gasteiger partial charge in [-0.1, -0.05) is 134 Å². The Balaban J connectivity index is 4.42. The number of unbranched alkanes of at least 4 members (excludes halogenated alkanes) is 18. The summed E-state index contributed by atoms with van der Waals surface area (Å²) in [4.78, 5) is 35.3. The molecule has 0 heterocycles. The number of hydrogen-bond acceptors (Lipinski definition) is 7. The number of esters is 2. The Bertz CT molecular complexity index is 1010. The van der Waals surface area contributed by atoms with Crippen molar-refractivity contribution in [2.24, 2.45) is 0 Å². The molecule has 0 amide bonds. The van der Waals surface area contributed by atoms with Gasteiger partial charge in [-0.15, -0.1) is 0 Å². The highest BCUT2D eigenvalue weighted by molar-refractivity contribution is 7.47. The molecule has 1 unspecified atom stereocenters. The zero-order valence-corrected chi connectivity index (χ0v) is 35.6. The lowest BCUT2D eigenvalue weighted by atomic mass is 10.1. The van der Waals surface area contributed by atoms with E-state index in [-0.39, 0.29) is 32.0 Å². The number of hydrogen-bond donors (Lipinski definition) is 1. The van der Waals surface area contributed by atoms with E-state index in [0.29, 0.717) is 17.4 Å². The van der Waals surface area contributed by atoms with E-state index in [4.69, 9.17) is 18.5 Å². The van der Waals surface area contributed by atoms with Gasteiger partial charge in [0.15, 0.2) is 6.10 Å². The maximum absolute atomic E-state index is 12.7. The van der Waals surface area contributed by atoms with Crippen molar-refractivity contribution in [2.75, 3.05) is 47.5 Å². The van der Waals surface area contributed by atoms with Gasteiger partial charge in [0, 0.05) is 12.8 Å². The van der Waals surface area contributed by atoms with Crippen LogP contribution < -0.4 is 0 Å². The fourth-order valence-electron chi connectivity index (χ4n) is 5.49. The van der Waals surface area contributed by atoms with Gasteiger partial charge in [-0.2, -0.15) is 0 Å². The number of ether oxygens (including phenoxy) is 2. The minimum atomic E-state index is -4.38. The molecule has 0 rings (SSSR count). The summed E-state index contributed by atoms with van der Waals surface area (Å²) >= 11 is 0. The third-order valence-electron chi connectivity index (χ3n) is 8.89. The van der Waals surface area contributed by atoms with Crippen molar-refractivity contribution in [1.29, 1.82) is 0 Å². The summed E-state index contributed by atoms with van der Waals surface area (Å²) in [5, 5.41) is 0. The molecule has 0 aliphatic heterocycles. The maximum atomic E-state index is 12.7. The number of rotatable bonds is 38. The molecule has 0 aromatic rings. The molecule has 0 bridgehead atoms. The third-order valence-corrected chi connectivity index (χ3v) is 9.88. The Kier molecular flexibility index (Phi) is 34.7. The van der Waals surface area contributed by atoms with Crippen molar-refractivity contribution in [3.63, 3.8) is 0 Å². The maximum Gasteiger partial charge on any atom is 0.472 e. The van der Waals surface area contributed by atoms with Gasteiger partial charge in [-0.3, -0.25) is 18.6 Å². The predicted molar refractivity (Wildman–Crippen MR) is 220 cm³/mol. The van der Waals surface area contributed by atoms with E-state index in [1.807, 2.05) is 21.1 Å². The summed E-state index contributed by atoms with van der Waals surface area (Å²) in [5.74, 6) is -0.825. The number of phosphoric acid groups is 1. The average molecular weight is 771 g/mol. The summed E-state index contributed by atoms with van der Waals surface area (Å²) in [6.45, 7) is 4.34. The molecule has 2 atom stereocenters. The Morgan fingerprint density at radius 1 is 0.585 bits per heavy atom. The van der Waals surface area contributed by atoms with E-state index < -0.39 is 26.5 Å². The smallest absolute Gasteiger partial charge is 0.462 e. The SMILES string of the molecule is CCCC/C=C/C/C=C/CCCCCCCC(=O)O[C@H](COC(=O)CCCCCCC/C=C/CCCCCCCC)COP(=O)(O)OCC[N+](C)(C)C. The van der Waals surface area contributed by atoms with Crippen molar-refractivity contribution in [3.8, 4) is 0 Å². The molecular weight excluding hydrogens is 689 g/mol. The van der Waals surface area contributed by atoms with E-state index in [0.717, 1.165) is 83.5 Å². The van der Waals surface area contributed by atoms with Gasteiger partial charge in [-0.25, -0.2) is 4.57 Å². The molecule has 0 saturated carbocycles. The minimum absolute atomic E-state index is 0.0272. The van der Waals surface area contributed by atoms with Crippen LogP contribution in [-0.4, -0.2) is 74.9 Å². The van der Waals surface area contributed by atoms with E-state index >= 15 is 0 Å². The van der Waals surface area contributed by atoms with Crippen molar-refractivity contribution in [2.45, 2.75) is 180 Å². The fraction of sp³-hybridized carbons (Fsp3) is 0.814. The van der Waals surface area contributed by atoms with Crippen LogP contribution in [0.1, 0.15) is 174 Å². The minimum Gasteiger partial charge on any atom is -0.462 e. The second-order valence-electron chi connectivity index (χ2n) is 15.4. The van der Waals surface area contributed by atoms with Crippen molar-refractivity contribution in [1.82, 2.24) is 0 Å². The summed E-state index contributed by atoms with van der Waals surface area (Å²) in [7, 11) is 1.46. The van der Waals surface area contributed by atoms with Crippen LogP contribution in [0.2, 0.25) is 0 Å². The summed E-state index contributed by atoms with van der Waals surface area (Å²) < 4.78 is 34.2. The zero-order valence-electron chi connectivity index (χ0n) is 34.7. The molecule has 0 aliphatic carbocycles. The van der Waals surface area contributed by atoms with Crippen LogP contribution in [0.3, 0.4) is 0 Å². The average Bonchev–Trinajstić information content (AvgIpc) is 3.10. The van der Waals surface area contributed by atoms with Crippen LogP contribution in [0.15, 0.2) is 36.5 Å². The highest BCUT2D eigenvalue weighted by Crippen LogP contribution is 2.43. The Labute approximate surface area is 325 Å². The lowest BCUT2D eigenvalue weighted by molar-refractivity contribution is -0.870. The number of quaternary nitrogens is 1. The first-order valence-corrected chi connectivity index (χ1v) is 22.7. The molecule has 53 heavy (non-hydrogen) atoms. The second kappa shape index (κ2) is 35.9. The van der Waals surface area contributed by atoms with Crippen LogP contribution in [0.25, 0.3) is 0 Å². The lowest BCUT2D eigenvalue weighted by Gasteiger charge is -2.24. The molecule has 0 saturated heterocycles. The lowest BCUT2D eigenvalue weighted by Crippen LogP contribution is -2.37. The van der Waals surface area contributed by atoms with Crippen molar-refractivity contribution < 1.29 is 42.1 Å². The molecule has 0 spiro atoms. The van der Waals surface area contributed by atoms with Gasteiger partial charge in [0.1, 0.15) is 19.8 Å². The number of phosphoric ester groups is 1. The molecule has 310 valence electrons. The van der Waals surface area contributed by atoms with Gasteiger partial charge in [-0.05, 0) is 64.2 Å². The van der Waals surface area contributed by atoms with Crippen molar-refractivity contribution in [3.05, 3.63) is 36.5 Å². The molecule has 9 nitrogen and oxygen atoms in total. The van der Waals surface area contributed by atoms with Gasteiger partial charge in [0.2, 0.25) is 0 Å². The van der Waals surface area contributed by atoms with Gasteiger partial charge < -0.3 is 18.9 Å². The first kappa shape index (κ1) is 51.2. The van der Waals surface area contributed by atoms with Crippen LogP contribution in [0.5, 0.6) is 0 Å². The largest absolute Gasteiger partial charge is 0.472 e. The first-order valence-electron chi connectivity index (χ1n) is 21.2. The Hall–Kier alpha value is -1.77. The Morgan fingerprint density at radius 2 is 1.04 bits per heavy atom. The molecule has 1 N–H and O–H groups in total. The monoisotopic (exact) mass is 771 g/mol. The molecule has 0 radical (unpaired) electrons. The highest BCUT2D eigenvalue weighted by atomic mass is 31.2. The summed E-state index contributed by atoms with van der Waals surface area (Å²) in [6.07, 6.45) is 39.0. The standard InChI is InChI=1S/C43H80NO8P/c1-6-8-10-12-14-16-18-20-22-24-25-27-29-31-33-35-42(45)49-39-41(40-51-53(47,48)50-38-37-44(3,4)5)52-43(46)36-34-32-30-28-26-23-21-19-17-15-13-11-9-7-2/h13,15,19-22,41H,6-12,14,16-18,23-40H2,1-5H3/p+1/b15-13+,21-19+,22-20+/t41-/m1/s1. The third kappa shape index (κ3) is 39.7. The first-order chi connectivity index (χ1) is 25.5. The van der Waals surface area contributed by atoms with Crippen LogP contribution in [0, 0.1) is 0 Å².